The Balaban J connectivity index is 2.00. The Hall–Kier alpha value is -3.22. The van der Waals surface area contributed by atoms with Crippen molar-refractivity contribution in [3.05, 3.63) is 59.4 Å². The smallest absolute Gasteiger partial charge is 0.271 e. The third-order valence-corrected chi connectivity index (χ3v) is 4.50. The molecule has 0 N–H and O–H groups in total. The molecule has 7 heteroatoms. The van der Waals surface area contributed by atoms with Crippen LogP contribution in [0.5, 0.6) is 11.5 Å². The summed E-state index contributed by atoms with van der Waals surface area (Å²) < 4.78 is 24.5. The Bertz CT molecular complexity index is 940. The fourth-order valence-electron chi connectivity index (χ4n) is 3.03. The molecule has 28 heavy (non-hydrogen) atoms. The number of halogens is 1. The topological polar surface area (TPSA) is 72.9 Å². The molecule has 0 unspecified atom stereocenters. The number of fused-ring (bicyclic) bond motifs is 1. The van der Waals surface area contributed by atoms with E-state index in [-0.39, 0.29) is 28.5 Å². The number of carbonyl (C=O) groups excluding carboxylic acids is 3. The number of ketones is 1. The lowest BCUT2D eigenvalue weighted by molar-refractivity contribution is -0.136. The maximum atomic E-state index is 13.6. The first-order valence-electron chi connectivity index (χ1n) is 8.81. The molecule has 1 atom stereocenters. The molecule has 2 aromatic rings. The third kappa shape index (κ3) is 3.60. The Labute approximate surface area is 161 Å². The summed E-state index contributed by atoms with van der Waals surface area (Å²) in [5.41, 5.74) is 0.153. The van der Waals surface area contributed by atoms with Gasteiger partial charge >= 0.3 is 0 Å². The molecule has 1 aliphatic heterocycles. The molecular formula is C21H20FNO5. The van der Waals surface area contributed by atoms with Crippen LogP contribution in [-0.2, 0) is 4.79 Å². The number of benzene rings is 2. The van der Waals surface area contributed by atoms with Crippen molar-refractivity contribution in [1.82, 2.24) is 4.90 Å². The molecule has 0 saturated heterocycles. The normalized spacial score (nSPS) is 16.5. The predicted octanol–water partition coefficient (Wildman–Crippen LogP) is 3.10. The van der Waals surface area contributed by atoms with Crippen LogP contribution in [0.4, 0.5) is 4.39 Å². The molecule has 0 saturated carbocycles. The first-order chi connectivity index (χ1) is 13.3. The highest BCUT2D eigenvalue weighted by molar-refractivity contribution is 6.12. The van der Waals surface area contributed by atoms with Crippen LogP contribution in [0.3, 0.4) is 0 Å². The number of amides is 2. The van der Waals surface area contributed by atoms with Gasteiger partial charge in [-0.1, -0.05) is 26.0 Å². The van der Waals surface area contributed by atoms with Gasteiger partial charge in [-0.3, -0.25) is 19.3 Å². The zero-order chi connectivity index (χ0) is 20.4. The molecular weight excluding hydrogens is 365 g/mol. The van der Waals surface area contributed by atoms with E-state index in [1.54, 1.807) is 32.0 Å². The molecule has 1 heterocycles. The number of nitrogens with zero attached hydrogens (tertiary/aromatic N) is 1. The molecule has 146 valence electrons. The molecule has 1 aliphatic rings. The summed E-state index contributed by atoms with van der Waals surface area (Å²) >= 11 is 0. The minimum atomic E-state index is -0.921. The molecule has 0 aliphatic carbocycles. The molecule has 0 aromatic heterocycles. The van der Waals surface area contributed by atoms with Crippen molar-refractivity contribution < 1.29 is 28.2 Å². The standard InChI is InChI=1S/C21H20FNO5/c1-12(2)19-21(26)23(20(25)14-6-4-5-7-18(14)28-19)11-16(24)15-10-13(22)8-9-17(15)27-3/h4-10,12,19H,11H2,1-3H3/t19-/m1/s1. The van der Waals surface area contributed by atoms with Gasteiger partial charge in [-0.25, -0.2) is 4.39 Å². The molecule has 2 aromatic carbocycles. The summed E-state index contributed by atoms with van der Waals surface area (Å²) in [4.78, 5) is 39.6. The minimum Gasteiger partial charge on any atom is -0.496 e. The number of hydrogen-bond acceptors (Lipinski definition) is 5. The maximum absolute atomic E-state index is 13.6. The number of ether oxygens (including phenoxy) is 2. The van der Waals surface area contributed by atoms with Crippen LogP contribution < -0.4 is 9.47 Å². The number of hydrogen-bond donors (Lipinski definition) is 0. The van der Waals surface area contributed by atoms with Crippen LogP contribution in [0.1, 0.15) is 34.6 Å². The first kappa shape index (κ1) is 19.5. The van der Waals surface area contributed by atoms with E-state index in [9.17, 15) is 18.8 Å². The van der Waals surface area contributed by atoms with E-state index in [1.807, 2.05) is 0 Å². The summed E-state index contributed by atoms with van der Waals surface area (Å²) in [7, 11) is 1.35. The summed E-state index contributed by atoms with van der Waals surface area (Å²) in [6, 6.07) is 10.0. The molecule has 3 rings (SSSR count). The molecule has 0 bridgehead atoms. The lowest BCUT2D eigenvalue weighted by Crippen LogP contribution is -2.47. The van der Waals surface area contributed by atoms with Gasteiger partial charge in [0.2, 0.25) is 0 Å². The molecule has 0 radical (unpaired) electrons. The highest BCUT2D eigenvalue weighted by atomic mass is 19.1. The van der Waals surface area contributed by atoms with Gasteiger partial charge in [0.05, 0.1) is 24.8 Å². The van der Waals surface area contributed by atoms with Gasteiger partial charge in [-0.2, -0.15) is 0 Å². The molecule has 0 fully saturated rings. The zero-order valence-electron chi connectivity index (χ0n) is 15.8. The SMILES string of the molecule is COc1ccc(F)cc1C(=O)CN1C(=O)c2ccccc2O[C@H](C(C)C)C1=O. The number of carbonyl (C=O) groups is 3. The summed E-state index contributed by atoms with van der Waals surface area (Å²) in [6.45, 7) is 3.03. The van der Waals surface area contributed by atoms with Gasteiger partial charge in [-0.15, -0.1) is 0 Å². The van der Waals surface area contributed by atoms with Crippen LogP contribution in [0.25, 0.3) is 0 Å². The maximum Gasteiger partial charge on any atom is 0.271 e. The molecule has 6 nitrogen and oxygen atoms in total. The van der Waals surface area contributed by atoms with Gasteiger partial charge in [0.1, 0.15) is 17.3 Å². The van der Waals surface area contributed by atoms with Crippen LogP contribution in [0, 0.1) is 11.7 Å². The zero-order valence-corrected chi connectivity index (χ0v) is 15.8. The fraction of sp³-hybridized carbons (Fsp3) is 0.286. The first-order valence-corrected chi connectivity index (χ1v) is 8.81. The number of Topliss-reactive ketones (excluding diaryl/α,β-unsaturated/α-hetero) is 1. The van der Waals surface area contributed by atoms with Crippen molar-refractivity contribution in [3.8, 4) is 11.5 Å². The Morgan fingerprint density at radius 3 is 2.61 bits per heavy atom. The molecule has 0 spiro atoms. The number of methoxy groups -OCH3 is 1. The van der Waals surface area contributed by atoms with Crippen molar-refractivity contribution in [2.24, 2.45) is 5.92 Å². The van der Waals surface area contributed by atoms with Crippen molar-refractivity contribution in [2.75, 3.05) is 13.7 Å². The van der Waals surface area contributed by atoms with E-state index < -0.39 is 36.1 Å². The van der Waals surface area contributed by atoms with E-state index in [0.29, 0.717) is 0 Å². The second kappa shape index (κ2) is 7.80. The van der Waals surface area contributed by atoms with Gasteiger partial charge < -0.3 is 9.47 Å². The summed E-state index contributed by atoms with van der Waals surface area (Å²) in [5.74, 6) is -2.25. The summed E-state index contributed by atoms with van der Waals surface area (Å²) in [6.07, 6.45) is -0.921. The van der Waals surface area contributed by atoms with Gasteiger partial charge in [0.25, 0.3) is 11.8 Å². The highest BCUT2D eigenvalue weighted by Crippen LogP contribution is 2.28. The average Bonchev–Trinajstić information content (AvgIpc) is 2.78. The van der Waals surface area contributed by atoms with E-state index in [0.717, 1.165) is 17.0 Å². The largest absolute Gasteiger partial charge is 0.496 e. The van der Waals surface area contributed by atoms with Crippen molar-refractivity contribution in [2.45, 2.75) is 20.0 Å². The monoisotopic (exact) mass is 385 g/mol. The van der Waals surface area contributed by atoms with Crippen molar-refractivity contribution in [3.63, 3.8) is 0 Å². The van der Waals surface area contributed by atoms with E-state index >= 15 is 0 Å². The van der Waals surface area contributed by atoms with E-state index in [2.05, 4.69) is 0 Å². The summed E-state index contributed by atoms with van der Waals surface area (Å²) in [5, 5.41) is 0. The van der Waals surface area contributed by atoms with Crippen LogP contribution >= 0.6 is 0 Å². The second-order valence-electron chi connectivity index (χ2n) is 6.78. The Kier molecular flexibility index (Phi) is 5.44. The Morgan fingerprint density at radius 2 is 1.93 bits per heavy atom. The average molecular weight is 385 g/mol. The van der Waals surface area contributed by atoms with Crippen LogP contribution in [0.15, 0.2) is 42.5 Å². The number of para-hydroxylation sites is 1. The van der Waals surface area contributed by atoms with Crippen molar-refractivity contribution >= 4 is 17.6 Å². The van der Waals surface area contributed by atoms with Crippen LogP contribution in [-0.4, -0.2) is 42.3 Å². The third-order valence-electron chi connectivity index (χ3n) is 4.50. The quantitative estimate of drug-likeness (QED) is 0.584. The second-order valence-corrected chi connectivity index (χ2v) is 6.78. The van der Waals surface area contributed by atoms with Gasteiger partial charge in [0.15, 0.2) is 11.9 Å². The Morgan fingerprint density at radius 1 is 1.21 bits per heavy atom. The molecule has 2 amide bonds. The number of imide groups is 1. The lowest BCUT2D eigenvalue weighted by Gasteiger charge is -2.24. The van der Waals surface area contributed by atoms with Crippen molar-refractivity contribution in [1.29, 1.82) is 0 Å². The predicted molar refractivity (Wildman–Crippen MR) is 99.0 cm³/mol. The fourth-order valence-corrected chi connectivity index (χ4v) is 3.03. The van der Waals surface area contributed by atoms with Gasteiger partial charge in [-0.05, 0) is 36.2 Å². The van der Waals surface area contributed by atoms with E-state index in [4.69, 9.17) is 9.47 Å². The minimum absolute atomic E-state index is 0.0392. The van der Waals surface area contributed by atoms with Gasteiger partial charge in [0, 0.05) is 0 Å². The highest BCUT2D eigenvalue weighted by Gasteiger charge is 2.39. The number of rotatable bonds is 5. The lowest BCUT2D eigenvalue weighted by atomic mass is 10.0. The van der Waals surface area contributed by atoms with Crippen LogP contribution in [0.2, 0.25) is 0 Å². The van der Waals surface area contributed by atoms with E-state index in [1.165, 1.54) is 19.2 Å².